The lowest BCUT2D eigenvalue weighted by Crippen LogP contribution is -2.46. The van der Waals surface area contributed by atoms with Gasteiger partial charge in [0, 0.05) is 0 Å². The van der Waals surface area contributed by atoms with E-state index in [0.29, 0.717) is 6.61 Å². The average Bonchev–Trinajstić information content (AvgIpc) is 2.65. The lowest BCUT2D eigenvalue weighted by Gasteiger charge is -2.36. The van der Waals surface area contributed by atoms with Crippen molar-refractivity contribution in [3.8, 4) is 5.75 Å². The minimum Gasteiger partial charge on any atom is -0.492 e. The molecule has 1 fully saturated rings. The van der Waals surface area contributed by atoms with Crippen molar-refractivity contribution in [3.05, 3.63) is 66.2 Å². The fourth-order valence-electron chi connectivity index (χ4n) is 3.45. The van der Waals surface area contributed by atoms with E-state index in [1.54, 1.807) is 0 Å². The summed E-state index contributed by atoms with van der Waals surface area (Å²) in [6.45, 7) is 2.78. The van der Waals surface area contributed by atoms with Crippen LogP contribution in [0, 0.1) is 5.92 Å². The normalized spacial score (nSPS) is 17.5. The van der Waals surface area contributed by atoms with Crippen LogP contribution >= 0.6 is 0 Å². The quantitative estimate of drug-likeness (QED) is 0.847. The fraction of sp³-hybridized carbons (Fsp3) is 0.429. The van der Waals surface area contributed by atoms with Gasteiger partial charge >= 0.3 is 0 Å². The summed E-state index contributed by atoms with van der Waals surface area (Å²) in [6, 6.07) is 20.7. The van der Waals surface area contributed by atoms with Gasteiger partial charge in [-0.1, -0.05) is 48.5 Å². The van der Waals surface area contributed by atoms with Crippen LogP contribution < -0.4 is 4.74 Å². The second-order valence-corrected chi connectivity index (χ2v) is 6.63. The standard InChI is InChI=1S/C21H27NO2/c23-16-20(17-24-21-9-5-2-6-10-21)22-13-11-19(12-14-22)15-18-7-3-1-4-8-18/h1-10,19-20,23H,11-17H2. The minimum atomic E-state index is 0.0860. The molecule has 24 heavy (non-hydrogen) atoms. The molecule has 2 aromatic carbocycles. The molecule has 1 heterocycles. The number of nitrogens with zero attached hydrogens (tertiary/aromatic N) is 1. The maximum absolute atomic E-state index is 9.74. The Hall–Kier alpha value is -1.84. The van der Waals surface area contributed by atoms with Gasteiger partial charge in [-0.05, 0) is 56.0 Å². The van der Waals surface area contributed by atoms with Crippen molar-refractivity contribution in [2.45, 2.75) is 25.3 Å². The summed E-state index contributed by atoms with van der Waals surface area (Å²) in [7, 11) is 0. The van der Waals surface area contributed by atoms with Gasteiger partial charge in [0.15, 0.2) is 0 Å². The van der Waals surface area contributed by atoms with E-state index < -0.39 is 0 Å². The van der Waals surface area contributed by atoms with Crippen LogP contribution in [0.4, 0.5) is 0 Å². The molecule has 0 saturated carbocycles. The zero-order valence-electron chi connectivity index (χ0n) is 14.2. The number of hydrogen-bond acceptors (Lipinski definition) is 3. The molecular formula is C21H27NO2. The first-order valence-electron chi connectivity index (χ1n) is 8.92. The maximum Gasteiger partial charge on any atom is 0.119 e. The van der Waals surface area contributed by atoms with Crippen LogP contribution in [-0.2, 0) is 6.42 Å². The van der Waals surface area contributed by atoms with Crippen molar-refractivity contribution < 1.29 is 9.84 Å². The van der Waals surface area contributed by atoms with E-state index in [4.69, 9.17) is 4.74 Å². The van der Waals surface area contributed by atoms with Gasteiger partial charge in [-0.15, -0.1) is 0 Å². The summed E-state index contributed by atoms with van der Waals surface area (Å²) >= 11 is 0. The molecule has 128 valence electrons. The lowest BCUT2D eigenvalue weighted by molar-refractivity contribution is 0.0561. The van der Waals surface area contributed by atoms with Gasteiger partial charge in [-0.2, -0.15) is 0 Å². The van der Waals surface area contributed by atoms with Crippen LogP contribution in [-0.4, -0.2) is 42.4 Å². The smallest absolute Gasteiger partial charge is 0.119 e. The molecule has 3 rings (SSSR count). The first-order chi connectivity index (χ1) is 11.8. The highest BCUT2D eigenvalue weighted by molar-refractivity contribution is 5.21. The Morgan fingerprint density at radius 2 is 1.58 bits per heavy atom. The highest BCUT2D eigenvalue weighted by Gasteiger charge is 2.25. The lowest BCUT2D eigenvalue weighted by atomic mass is 9.89. The summed E-state index contributed by atoms with van der Waals surface area (Å²) in [6.07, 6.45) is 3.55. The number of benzene rings is 2. The monoisotopic (exact) mass is 325 g/mol. The molecule has 1 aliphatic rings. The fourth-order valence-corrected chi connectivity index (χ4v) is 3.45. The zero-order chi connectivity index (χ0) is 16.6. The predicted octanol–water partition coefficient (Wildman–Crippen LogP) is 3.38. The Morgan fingerprint density at radius 3 is 2.21 bits per heavy atom. The molecule has 0 aliphatic carbocycles. The van der Waals surface area contributed by atoms with E-state index in [2.05, 4.69) is 35.2 Å². The first kappa shape index (κ1) is 17.0. The number of likely N-dealkylation sites (tertiary alicyclic amines) is 1. The topological polar surface area (TPSA) is 32.7 Å². The average molecular weight is 325 g/mol. The molecule has 0 radical (unpaired) electrons. The maximum atomic E-state index is 9.74. The molecule has 2 aromatic rings. The predicted molar refractivity (Wildman–Crippen MR) is 97.3 cm³/mol. The summed E-state index contributed by atoms with van der Waals surface area (Å²) in [5.41, 5.74) is 1.43. The molecule has 0 bridgehead atoms. The molecule has 1 aliphatic heterocycles. The summed E-state index contributed by atoms with van der Waals surface area (Å²) in [5.74, 6) is 1.62. The molecule has 3 nitrogen and oxygen atoms in total. The van der Waals surface area contributed by atoms with E-state index in [1.807, 2.05) is 30.3 Å². The third-order valence-electron chi connectivity index (χ3n) is 4.93. The molecule has 1 unspecified atom stereocenters. The van der Waals surface area contributed by atoms with Gasteiger partial charge in [0.25, 0.3) is 0 Å². The van der Waals surface area contributed by atoms with Crippen LogP contribution in [0.3, 0.4) is 0 Å². The Balaban J connectivity index is 1.45. The van der Waals surface area contributed by atoms with Crippen molar-refractivity contribution in [3.63, 3.8) is 0 Å². The molecular weight excluding hydrogens is 298 g/mol. The number of ether oxygens (including phenoxy) is 1. The second kappa shape index (κ2) is 8.86. The van der Waals surface area contributed by atoms with E-state index in [0.717, 1.165) is 24.8 Å². The van der Waals surface area contributed by atoms with Gasteiger partial charge in [0.1, 0.15) is 12.4 Å². The van der Waals surface area contributed by atoms with Crippen LogP contribution in [0.2, 0.25) is 0 Å². The van der Waals surface area contributed by atoms with Gasteiger partial charge in [0.05, 0.1) is 12.6 Å². The third-order valence-corrected chi connectivity index (χ3v) is 4.93. The van der Waals surface area contributed by atoms with Crippen molar-refractivity contribution in [2.75, 3.05) is 26.3 Å². The Labute approximate surface area is 144 Å². The van der Waals surface area contributed by atoms with E-state index >= 15 is 0 Å². The van der Waals surface area contributed by atoms with E-state index in [9.17, 15) is 5.11 Å². The highest BCUT2D eigenvalue weighted by atomic mass is 16.5. The largest absolute Gasteiger partial charge is 0.492 e. The van der Waals surface area contributed by atoms with Crippen molar-refractivity contribution in [1.29, 1.82) is 0 Å². The van der Waals surface area contributed by atoms with Crippen molar-refractivity contribution in [1.82, 2.24) is 4.90 Å². The number of hydrogen-bond donors (Lipinski definition) is 1. The number of aliphatic hydroxyl groups excluding tert-OH is 1. The zero-order valence-corrected chi connectivity index (χ0v) is 14.2. The Kier molecular flexibility index (Phi) is 6.27. The Morgan fingerprint density at radius 1 is 0.958 bits per heavy atom. The first-order valence-corrected chi connectivity index (χ1v) is 8.92. The van der Waals surface area contributed by atoms with Crippen molar-refractivity contribution >= 4 is 0 Å². The van der Waals surface area contributed by atoms with Crippen molar-refractivity contribution in [2.24, 2.45) is 5.92 Å². The van der Waals surface area contributed by atoms with Gasteiger partial charge in [0.2, 0.25) is 0 Å². The Bertz CT molecular complexity index is 579. The summed E-state index contributed by atoms with van der Waals surface area (Å²) in [5, 5.41) is 9.74. The van der Waals surface area contributed by atoms with E-state index in [-0.39, 0.29) is 12.6 Å². The van der Waals surface area contributed by atoms with Gasteiger partial charge in [-0.25, -0.2) is 0 Å². The highest BCUT2D eigenvalue weighted by Crippen LogP contribution is 2.23. The van der Waals surface area contributed by atoms with Gasteiger partial charge < -0.3 is 9.84 Å². The third kappa shape index (κ3) is 4.83. The second-order valence-electron chi connectivity index (χ2n) is 6.63. The SMILES string of the molecule is OCC(COc1ccccc1)N1CCC(Cc2ccccc2)CC1. The van der Waals surface area contributed by atoms with Gasteiger partial charge in [-0.3, -0.25) is 4.90 Å². The number of piperidine rings is 1. The molecule has 1 atom stereocenters. The number of aliphatic hydroxyl groups is 1. The molecule has 0 aromatic heterocycles. The molecule has 1 N–H and O–H groups in total. The number of para-hydroxylation sites is 1. The van der Waals surface area contributed by atoms with E-state index in [1.165, 1.54) is 24.8 Å². The molecule has 3 heteroatoms. The van der Waals surface area contributed by atoms with Crippen LogP contribution in [0.5, 0.6) is 5.75 Å². The minimum absolute atomic E-state index is 0.0860. The van der Waals surface area contributed by atoms with Crippen LogP contribution in [0.1, 0.15) is 18.4 Å². The molecule has 1 saturated heterocycles. The van der Waals surface area contributed by atoms with Crippen LogP contribution in [0.25, 0.3) is 0 Å². The number of rotatable bonds is 7. The summed E-state index contributed by atoms with van der Waals surface area (Å²) < 4.78 is 5.83. The molecule has 0 spiro atoms. The molecule has 0 amide bonds. The van der Waals surface area contributed by atoms with Crippen LogP contribution in [0.15, 0.2) is 60.7 Å². The summed E-state index contributed by atoms with van der Waals surface area (Å²) in [4.78, 5) is 2.38.